The van der Waals surface area contributed by atoms with E-state index in [1.54, 1.807) is 0 Å². The fourth-order valence-corrected chi connectivity index (χ4v) is 3.51. The lowest BCUT2D eigenvalue weighted by atomic mass is 10.3. The van der Waals surface area contributed by atoms with Crippen molar-refractivity contribution in [3.63, 3.8) is 0 Å². The minimum atomic E-state index is -0.666. The maximum absolute atomic E-state index is 11.6. The van der Waals surface area contributed by atoms with Gasteiger partial charge in [-0.25, -0.2) is 4.58 Å². The molecule has 0 saturated heterocycles. The van der Waals surface area contributed by atoms with Gasteiger partial charge in [0.05, 0.1) is 18.9 Å². The fraction of sp³-hybridized carbons (Fsp3) is 0.429. The summed E-state index contributed by atoms with van der Waals surface area (Å²) in [5, 5.41) is -0.0384. The van der Waals surface area contributed by atoms with Crippen molar-refractivity contribution in [3.05, 3.63) is 30.3 Å². The average molecular weight is 349 g/mol. The molecule has 1 aromatic carbocycles. The number of carbonyl (C=O) groups excluding carboxylic acids is 1. The molecule has 21 heavy (non-hydrogen) atoms. The molecule has 116 valence electrons. The molecule has 1 saturated carbocycles. The number of ether oxygens (including phenoxy) is 1. The molecular formula is C14H18Cl2N2O2S. The number of nitrogens with two attached hydrogens (primary N) is 1. The Morgan fingerprint density at radius 3 is 2.48 bits per heavy atom. The zero-order valence-electron chi connectivity index (χ0n) is 11.9. The number of alkyl halides is 1. The number of halogens is 2. The number of hydrogen-bond acceptors (Lipinski definition) is 3. The quantitative estimate of drug-likeness (QED) is 0.258. The molecule has 1 aromatic rings. The van der Waals surface area contributed by atoms with Crippen LogP contribution < -0.4 is 18.1 Å². The van der Waals surface area contributed by atoms with Crippen molar-refractivity contribution in [3.8, 4) is 0 Å². The topological polar surface area (TPSA) is 55.3 Å². The summed E-state index contributed by atoms with van der Waals surface area (Å²) in [7, 11) is 3.25. The van der Waals surface area contributed by atoms with Gasteiger partial charge in [-0.15, -0.1) is 11.6 Å². The molecule has 1 atom stereocenters. The van der Waals surface area contributed by atoms with E-state index in [1.807, 2.05) is 42.0 Å². The zero-order chi connectivity index (χ0) is 14.8. The Hall–Kier alpha value is -0.910. The van der Waals surface area contributed by atoms with Crippen molar-refractivity contribution < 1.29 is 26.5 Å². The highest BCUT2D eigenvalue weighted by atomic mass is 35.5. The van der Waals surface area contributed by atoms with Gasteiger partial charge >= 0.3 is 11.1 Å². The predicted octanol–water partition coefficient (Wildman–Crippen LogP) is -0.675. The van der Waals surface area contributed by atoms with Gasteiger partial charge in [-0.1, -0.05) is 18.2 Å². The Bertz CT molecular complexity index is 533. The summed E-state index contributed by atoms with van der Waals surface area (Å²) in [6, 6.07) is 9.82. The van der Waals surface area contributed by atoms with Gasteiger partial charge in [0.25, 0.3) is 0 Å². The molecular weight excluding hydrogens is 331 g/mol. The van der Waals surface area contributed by atoms with Crippen LogP contribution in [-0.4, -0.2) is 40.0 Å². The summed E-state index contributed by atoms with van der Waals surface area (Å²) >= 11 is 7.65. The van der Waals surface area contributed by atoms with Crippen molar-refractivity contribution in [2.45, 2.75) is 23.0 Å². The third-order valence-corrected chi connectivity index (χ3v) is 5.65. The standard InChI is InChI=1S/C14H17ClN2O2S.ClH/c1-17(10-6-4-3-5-7-10)13(16)20-14(8-9-14)11(15)12(18)19-2;/h3-7,11,16H,8-9H2,1-2H3;1H. The SMILES string of the molecule is COC(=O)C(Cl)C1(SC(N)=[N+](C)c2ccccc2)CC1.[Cl-]. The summed E-state index contributed by atoms with van der Waals surface area (Å²) in [5.41, 5.74) is 7.15. The Morgan fingerprint density at radius 2 is 2.00 bits per heavy atom. The summed E-state index contributed by atoms with van der Waals surface area (Å²) in [6.45, 7) is 0. The molecule has 0 aromatic heterocycles. The van der Waals surface area contributed by atoms with Gasteiger partial charge in [0.15, 0.2) is 0 Å². The van der Waals surface area contributed by atoms with Crippen LogP contribution in [0.2, 0.25) is 0 Å². The molecule has 0 spiro atoms. The van der Waals surface area contributed by atoms with Gasteiger partial charge in [-0.05, 0) is 36.7 Å². The van der Waals surface area contributed by atoms with E-state index in [4.69, 9.17) is 22.1 Å². The maximum Gasteiger partial charge on any atom is 0.325 e. The summed E-state index contributed by atoms with van der Waals surface area (Å²) in [6.07, 6.45) is 1.73. The number of nitrogens with zero attached hydrogens (tertiary/aromatic N) is 1. The monoisotopic (exact) mass is 348 g/mol. The fourth-order valence-electron chi connectivity index (χ4n) is 1.90. The van der Waals surface area contributed by atoms with Crippen LogP contribution in [0.3, 0.4) is 0 Å². The Balaban J connectivity index is 0.00000220. The number of methoxy groups -OCH3 is 1. The van der Waals surface area contributed by atoms with Crippen molar-refractivity contribution in [1.82, 2.24) is 0 Å². The molecule has 4 nitrogen and oxygen atoms in total. The Labute approximate surface area is 140 Å². The number of hydrogen-bond donors (Lipinski definition) is 1. The first-order valence-corrected chi connectivity index (χ1v) is 7.57. The molecule has 7 heteroatoms. The van der Waals surface area contributed by atoms with Gasteiger partial charge in [0.2, 0.25) is 0 Å². The van der Waals surface area contributed by atoms with Gasteiger partial charge in [-0.3, -0.25) is 10.5 Å². The molecule has 1 aliphatic rings. The van der Waals surface area contributed by atoms with Gasteiger partial charge < -0.3 is 17.1 Å². The van der Waals surface area contributed by atoms with Crippen molar-refractivity contribution in [2.75, 3.05) is 14.2 Å². The van der Waals surface area contributed by atoms with Crippen LogP contribution in [-0.2, 0) is 9.53 Å². The maximum atomic E-state index is 11.6. The zero-order valence-corrected chi connectivity index (χ0v) is 14.2. The average Bonchev–Trinajstić information content (AvgIpc) is 3.26. The number of rotatable bonds is 4. The Kier molecular flexibility index (Phi) is 6.38. The van der Waals surface area contributed by atoms with E-state index in [0.717, 1.165) is 18.5 Å². The van der Waals surface area contributed by atoms with Crippen molar-refractivity contribution in [2.24, 2.45) is 5.73 Å². The molecule has 0 amide bonds. The molecule has 0 bridgehead atoms. The highest BCUT2D eigenvalue weighted by Crippen LogP contribution is 2.53. The van der Waals surface area contributed by atoms with E-state index in [-0.39, 0.29) is 17.2 Å². The lowest BCUT2D eigenvalue weighted by molar-refractivity contribution is -0.402. The van der Waals surface area contributed by atoms with E-state index >= 15 is 0 Å². The highest BCUT2D eigenvalue weighted by molar-refractivity contribution is 8.15. The normalized spacial score (nSPS) is 18.0. The number of amidine groups is 1. The second kappa shape index (κ2) is 7.38. The van der Waals surface area contributed by atoms with Crippen molar-refractivity contribution >= 4 is 40.2 Å². The third kappa shape index (κ3) is 4.05. The second-order valence-electron chi connectivity index (χ2n) is 4.79. The first-order valence-electron chi connectivity index (χ1n) is 6.32. The van der Waals surface area contributed by atoms with Crippen LogP contribution in [0, 0.1) is 0 Å². The summed E-state index contributed by atoms with van der Waals surface area (Å²) in [5.74, 6) is -0.396. The first-order chi connectivity index (χ1) is 9.50. The van der Waals surface area contributed by atoms with E-state index in [0.29, 0.717) is 5.17 Å². The van der Waals surface area contributed by atoms with Crippen LogP contribution in [0.15, 0.2) is 30.3 Å². The van der Waals surface area contributed by atoms with Crippen LogP contribution in [0.4, 0.5) is 5.69 Å². The molecule has 2 rings (SSSR count). The lowest BCUT2D eigenvalue weighted by Gasteiger charge is -2.17. The minimum Gasteiger partial charge on any atom is -1.00 e. The van der Waals surface area contributed by atoms with Crippen LogP contribution in [0.5, 0.6) is 0 Å². The van der Waals surface area contributed by atoms with Crippen LogP contribution >= 0.6 is 23.4 Å². The van der Waals surface area contributed by atoms with Gasteiger partial charge in [0, 0.05) is 0 Å². The lowest BCUT2D eigenvalue weighted by Crippen LogP contribution is -3.00. The largest absolute Gasteiger partial charge is 1.00 e. The van der Waals surface area contributed by atoms with E-state index in [9.17, 15) is 4.79 Å². The number of carbonyl (C=O) groups is 1. The number of benzene rings is 1. The van der Waals surface area contributed by atoms with Gasteiger partial charge in [0.1, 0.15) is 11.1 Å². The molecule has 0 heterocycles. The first kappa shape index (κ1) is 18.1. The predicted molar refractivity (Wildman–Crippen MR) is 82.7 cm³/mol. The molecule has 0 aliphatic heterocycles. The van der Waals surface area contributed by atoms with E-state index in [1.165, 1.54) is 18.9 Å². The van der Waals surface area contributed by atoms with Crippen molar-refractivity contribution in [1.29, 1.82) is 0 Å². The van der Waals surface area contributed by atoms with E-state index in [2.05, 4.69) is 0 Å². The second-order valence-corrected chi connectivity index (χ2v) is 6.66. The number of para-hydroxylation sites is 1. The summed E-state index contributed by atoms with van der Waals surface area (Å²) in [4.78, 5) is 11.6. The minimum absolute atomic E-state index is 0. The molecule has 1 aliphatic carbocycles. The number of thioether (sulfide) groups is 1. The third-order valence-electron chi connectivity index (χ3n) is 3.39. The highest BCUT2D eigenvalue weighted by Gasteiger charge is 2.55. The smallest absolute Gasteiger partial charge is 0.325 e. The summed E-state index contributed by atoms with van der Waals surface area (Å²) < 4.78 is 6.28. The van der Waals surface area contributed by atoms with Crippen LogP contribution in [0.1, 0.15) is 12.8 Å². The Morgan fingerprint density at radius 1 is 1.43 bits per heavy atom. The van der Waals surface area contributed by atoms with Gasteiger partial charge in [-0.2, -0.15) is 0 Å². The molecule has 1 fully saturated rings. The van der Waals surface area contributed by atoms with Crippen LogP contribution in [0.25, 0.3) is 0 Å². The molecule has 2 N–H and O–H groups in total. The van der Waals surface area contributed by atoms with E-state index < -0.39 is 11.3 Å². The number of esters is 1. The molecule has 1 unspecified atom stereocenters. The molecule has 0 radical (unpaired) electrons.